The molecule has 158 valence electrons. The zero-order valence-electron chi connectivity index (χ0n) is 16.9. The van der Waals surface area contributed by atoms with Gasteiger partial charge in [0.15, 0.2) is 0 Å². The minimum Gasteiger partial charge on any atom is -0.459 e. The van der Waals surface area contributed by atoms with Crippen molar-refractivity contribution in [3.05, 3.63) is 33.8 Å². The number of amides is 3. The van der Waals surface area contributed by atoms with Crippen LogP contribution in [0.5, 0.6) is 0 Å². The molecule has 1 aromatic rings. The predicted molar refractivity (Wildman–Crippen MR) is 111 cm³/mol. The molecule has 1 heterocycles. The fourth-order valence-corrected chi connectivity index (χ4v) is 4.57. The normalized spacial score (nSPS) is 24.7. The number of hydrogen-bond donors (Lipinski definition) is 1. The summed E-state index contributed by atoms with van der Waals surface area (Å²) in [5.74, 6) is -0.503. The lowest BCUT2D eigenvalue weighted by Gasteiger charge is -2.40. The van der Waals surface area contributed by atoms with E-state index in [-0.39, 0.29) is 17.9 Å². The van der Waals surface area contributed by atoms with Crippen LogP contribution in [0.15, 0.2) is 18.2 Å². The van der Waals surface area contributed by atoms with Crippen molar-refractivity contribution in [1.82, 2.24) is 10.2 Å². The highest BCUT2D eigenvalue weighted by atomic mass is 35.5. The van der Waals surface area contributed by atoms with E-state index in [4.69, 9.17) is 27.9 Å². The van der Waals surface area contributed by atoms with Crippen molar-refractivity contribution in [3.8, 4) is 0 Å². The maximum atomic E-state index is 12.9. The number of ether oxygens (including phenoxy) is 1. The molecule has 0 radical (unpaired) electrons. The van der Waals surface area contributed by atoms with Gasteiger partial charge in [-0.25, -0.2) is 4.79 Å². The van der Waals surface area contributed by atoms with Crippen molar-refractivity contribution < 1.29 is 19.1 Å². The van der Waals surface area contributed by atoms with Crippen LogP contribution in [0.1, 0.15) is 52.0 Å². The van der Waals surface area contributed by atoms with Gasteiger partial charge in [0.1, 0.15) is 18.7 Å². The number of carbonyl (C=O) groups is 3. The zero-order valence-corrected chi connectivity index (χ0v) is 18.4. The van der Waals surface area contributed by atoms with E-state index in [1.165, 1.54) is 0 Å². The maximum absolute atomic E-state index is 12.9. The van der Waals surface area contributed by atoms with Crippen LogP contribution < -0.4 is 5.32 Å². The van der Waals surface area contributed by atoms with Crippen LogP contribution in [-0.4, -0.2) is 34.9 Å². The second-order valence-electron chi connectivity index (χ2n) is 8.94. The Morgan fingerprint density at radius 1 is 1.24 bits per heavy atom. The van der Waals surface area contributed by atoms with Crippen LogP contribution in [0.25, 0.3) is 0 Å². The number of imide groups is 1. The topological polar surface area (TPSA) is 75.7 Å². The van der Waals surface area contributed by atoms with Gasteiger partial charge in [0.05, 0.1) is 0 Å². The van der Waals surface area contributed by atoms with Gasteiger partial charge in [0, 0.05) is 15.6 Å². The molecular weight excluding hydrogens is 415 g/mol. The fourth-order valence-electron chi connectivity index (χ4n) is 4.11. The number of benzene rings is 1. The molecule has 29 heavy (non-hydrogen) atoms. The van der Waals surface area contributed by atoms with E-state index in [1.807, 2.05) is 0 Å². The molecule has 1 spiro atoms. The highest BCUT2D eigenvalue weighted by molar-refractivity contribution is 6.35. The van der Waals surface area contributed by atoms with Crippen LogP contribution in [0.3, 0.4) is 0 Å². The highest BCUT2D eigenvalue weighted by Gasteiger charge is 2.53. The molecule has 3 rings (SSSR count). The number of nitrogens with one attached hydrogen (secondary N) is 1. The van der Waals surface area contributed by atoms with Crippen molar-refractivity contribution in [3.63, 3.8) is 0 Å². The third kappa shape index (κ3) is 4.69. The van der Waals surface area contributed by atoms with Crippen LogP contribution in [0.4, 0.5) is 4.79 Å². The second-order valence-corrected chi connectivity index (χ2v) is 9.78. The molecule has 0 unspecified atom stereocenters. The first-order valence-electron chi connectivity index (χ1n) is 9.75. The van der Waals surface area contributed by atoms with Crippen molar-refractivity contribution >= 4 is 41.1 Å². The summed E-state index contributed by atoms with van der Waals surface area (Å²) in [7, 11) is 0. The van der Waals surface area contributed by atoms with Gasteiger partial charge in [-0.3, -0.25) is 14.5 Å². The molecule has 3 amide bonds. The first kappa shape index (κ1) is 21.9. The maximum Gasteiger partial charge on any atom is 0.326 e. The number of hydrogen-bond acceptors (Lipinski definition) is 4. The third-order valence-electron chi connectivity index (χ3n) is 6.00. The van der Waals surface area contributed by atoms with E-state index in [2.05, 4.69) is 26.1 Å². The molecule has 1 aromatic carbocycles. The Hall–Kier alpha value is -1.79. The van der Waals surface area contributed by atoms with Crippen LogP contribution in [0.2, 0.25) is 10.0 Å². The molecule has 2 fully saturated rings. The summed E-state index contributed by atoms with van der Waals surface area (Å²) in [6.45, 7) is 6.11. The average Bonchev–Trinajstić information content (AvgIpc) is 2.85. The molecular formula is C21H26Cl2N2O4. The minimum atomic E-state index is -0.890. The standard InChI is InChI=1S/C21H26Cl2N2O4/c1-20(2,3)14-6-8-21(9-7-14)18(27)25(19(28)24-21)11-17(26)29-12-13-4-5-15(22)10-16(13)23/h4-5,10,14H,6-9,11-12H2,1-3H3,(H,24,28). The van der Waals surface area contributed by atoms with Gasteiger partial charge < -0.3 is 10.1 Å². The van der Waals surface area contributed by atoms with Gasteiger partial charge in [-0.05, 0) is 49.1 Å². The number of esters is 1. The Morgan fingerprint density at radius 2 is 1.90 bits per heavy atom. The number of halogens is 2. The zero-order chi connectivity index (χ0) is 21.4. The van der Waals surface area contributed by atoms with Crippen molar-refractivity contribution in [2.45, 2.75) is 58.6 Å². The van der Waals surface area contributed by atoms with Crippen molar-refractivity contribution in [2.75, 3.05) is 6.54 Å². The summed E-state index contributed by atoms with van der Waals surface area (Å²) in [5.41, 5.74) is -0.128. The number of carbonyl (C=O) groups excluding carboxylic acids is 3. The van der Waals surface area contributed by atoms with Gasteiger partial charge in [0.25, 0.3) is 5.91 Å². The van der Waals surface area contributed by atoms with Gasteiger partial charge in [-0.1, -0.05) is 50.0 Å². The largest absolute Gasteiger partial charge is 0.459 e. The van der Waals surface area contributed by atoms with E-state index >= 15 is 0 Å². The van der Waals surface area contributed by atoms with E-state index in [0.717, 1.165) is 17.7 Å². The predicted octanol–water partition coefficient (Wildman–Crippen LogP) is 4.56. The van der Waals surface area contributed by atoms with Crippen LogP contribution >= 0.6 is 23.2 Å². The second kappa shape index (κ2) is 8.15. The Morgan fingerprint density at radius 3 is 2.48 bits per heavy atom. The molecule has 1 aliphatic heterocycles. The molecule has 0 atom stereocenters. The smallest absolute Gasteiger partial charge is 0.326 e. The Labute approximate surface area is 180 Å². The van der Waals surface area contributed by atoms with E-state index in [1.54, 1.807) is 18.2 Å². The molecule has 8 heteroatoms. The highest BCUT2D eigenvalue weighted by Crippen LogP contribution is 2.43. The molecule has 0 aromatic heterocycles. The van der Waals surface area contributed by atoms with Gasteiger partial charge in [-0.15, -0.1) is 0 Å². The van der Waals surface area contributed by atoms with Gasteiger partial charge in [0.2, 0.25) is 0 Å². The fraction of sp³-hybridized carbons (Fsp3) is 0.571. The summed E-state index contributed by atoms with van der Waals surface area (Å²) >= 11 is 11.9. The summed E-state index contributed by atoms with van der Waals surface area (Å²) in [4.78, 5) is 38.5. The Balaban J connectivity index is 1.58. The Bertz CT molecular complexity index is 826. The molecule has 0 bridgehead atoms. The first-order valence-corrected chi connectivity index (χ1v) is 10.5. The lowest BCUT2D eigenvalue weighted by molar-refractivity contribution is -0.149. The lowest BCUT2D eigenvalue weighted by atomic mass is 9.67. The van der Waals surface area contributed by atoms with Crippen molar-refractivity contribution in [2.24, 2.45) is 11.3 Å². The molecule has 6 nitrogen and oxygen atoms in total. The number of rotatable bonds is 4. The van der Waals surface area contributed by atoms with E-state index < -0.39 is 24.1 Å². The number of urea groups is 1. The van der Waals surface area contributed by atoms with Gasteiger partial charge in [-0.2, -0.15) is 0 Å². The molecule has 1 N–H and O–H groups in total. The lowest BCUT2D eigenvalue weighted by Crippen LogP contribution is -2.50. The first-order chi connectivity index (χ1) is 13.5. The quantitative estimate of drug-likeness (QED) is 0.549. The van der Waals surface area contributed by atoms with Crippen molar-refractivity contribution in [1.29, 1.82) is 0 Å². The molecule has 1 aliphatic carbocycles. The summed E-state index contributed by atoms with van der Waals surface area (Å²) in [6.07, 6.45) is 2.91. The summed E-state index contributed by atoms with van der Waals surface area (Å²) in [5, 5.41) is 3.70. The van der Waals surface area contributed by atoms with Crippen LogP contribution in [0, 0.1) is 11.3 Å². The van der Waals surface area contributed by atoms with Crippen LogP contribution in [-0.2, 0) is 20.9 Å². The summed E-state index contributed by atoms with van der Waals surface area (Å²) < 4.78 is 5.20. The molecule has 2 aliphatic rings. The monoisotopic (exact) mass is 440 g/mol. The van der Waals surface area contributed by atoms with Gasteiger partial charge >= 0.3 is 12.0 Å². The van der Waals surface area contributed by atoms with E-state index in [9.17, 15) is 14.4 Å². The molecule has 1 saturated carbocycles. The Kier molecular flexibility index (Phi) is 6.16. The summed E-state index contributed by atoms with van der Waals surface area (Å²) in [6, 6.07) is 4.33. The minimum absolute atomic E-state index is 0.0586. The van der Waals surface area contributed by atoms with E-state index in [0.29, 0.717) is 34.4 Å². The third-order valence-corrected chi connectivity index (χ3v) is 6.59. The SMILES string of the molecule is CC(C)(C)C1CCC2(CC1)NC(=O)N(CC(=O)OCc1ccc(Cl)cc1Cl)C2=O. The average molecular weight is 441 g/mol. The number of nitrogens with zero attached hydrogens (tertiary/aromatic N) is 1. The molecule has 1 saturated heterocycles.